The highest BCUT2D eigenvalue weighted by atomic mass is 16.5. The van der Waals surface area contributed by atoms with Crippen molar-refractivity contribution in [2.75, 3.05) is 83.4 Å². The fourth-order valence-electron chi connectivity index (χ4n) is 9.17. The molecule has 14 heteroatoms. The van der Waals surface area contributed by atoms with Gasteiger partial charge in [-0.05, 0) is 12.8 Å². The van der Waals surface area contributed by atoms with Crippen molar-refractivity contribution in [1.29, 1.82) is 0 Å². The smallest absolute Gasteiger partial charge is 0.235 e. The van der Waals surface area contributed by atoms with Gasteiger partial charge < -0.3 is 34.5 Å². The van der Waals surface area contributed by atoms with E-state index in [-0.39, 0.29) is 58.0 Å². The maximum absolute atomic E-state index is 13.2. The van der Waals surface area contributed by atoms with Crippen molar-refractivity contribution >= 4 is 29.7 Å². The Morgan fingerprint density at radius 2 is 0.521 bits per heavy atom. The lowest BCUT2D eigenvalue weighted by atomic mass is 10.0. The van der Waals surface area contributed by atoms with Gasteiger partial charge in [0.1, 0.15) is 26.9 Å². The van der Waals surface area contributed by atoms with Gasteiger partial charge in [0.15, 0.2) is 0 Å². The van der Waals surface area contributed by atoms with Crippen LogP contribution in [0.15, 0.2) is 0 Å². The highest BCUT2D eigenvalue weighted by molar-refractivity contribution is 5.77. The van der Waals surface area contributed by atoms with Crippen LogP contribution in [0.1, 0.15) is 271 Å². The first-order valence-electron chi connectivity index (χ1n) is 29.4. The molecule has 0 saturated carbocycles. The summed E-state index contributed by atoms with van der Waals surface area (Å²) in [4.78, 5) is 46.0. The number of hydrogen-bond donors (Lipinski definition) is 2. The first-order chi connectivity index (χ1) is 34.9. The van der Waals surface area contributed by atoms with E-state index in [0.29, 0.717) is 24.7 Å². The number of methoxy groups -OCH3 is 4. The third-order valence-corrected chi connectivity index (χ3v) is 13.5. The maximum atomic E-state index is 13.2. The van der Waals surface area contributed by atoms with Crippen molar-refractivity contribution in [3.63, 3.8) is 0 Å². The van der Waals surface area contributed by atoms with E-state index < -0.39 is 0 Å². The average Bonchev–Trinajstić information content (AvgIpc) is 3.37. The summed E-state index contributed by atoms with van der Waals surface area (Å²) in [7, 11) is 6.36. The number of hydrogen-bond acceptors (Lipinski definition) is 12. The van der Waals surface area contributed by atoms with Crippen molar-refractivity contribution in [3.8, 4) is 0 Å². The molecular formula is C57H112N8O6. The van der Waals surface area contributed by atoms with Gasteiger partial charge in [0, 0.05) is 41.3 Å². The molecular weight excluding hydrogens is 893 g/mol. The Bertz CT molecular complexity index is 1230. The van der Waals surface area contributed by atoms with Gasteiger partial charge in [-0.15, -0.1) is 0 Å². The Kier molecular flexibility index (Phi) is 47.3. The molecule has 2 amide bonds. The van der Waals surface area contributed by atoms with E-state index in [0.717, 1.165) is 38.5 Å². The van der Waals surface area contributed by atoms with Gasteiger partial charge in [0.05, 0.1) is 13.3 Å². The van der Waals surface area contributed by atoms with E-state index in [1.165, 1.54) is 205 Å². The second kappa shape index (κ2) is 50.7. The predicted molar refractivity (Wildman–Crippen MR) is 297 cm³/mol. The summed E-state index contributed by atoms with van der Waals surface area (Å²) in [6.45, 7) is 5.43. The van der Waals surface area contributed by atoms with Crippen LogP contribution in [0.25, 0.3) is 0 Å². The molecule has 1 aromatic rings. The van der Waals surface area contributed by atoms with Crippen LogP contribution in [-0.4, -0.2) is 95.5 Å². The highest BCUT2D eigenvalue weighted by Gasteiger charge is 2.22. The average molecular weight is 1010 g/mol. The molecule has 2 N–H and O–H groups in total. The zero-order valence-corrected chi connectivity index (χ0v) is 47.2. The highest BCUT2D eigenvalue weighted by Crippen LogP contribution is 2.21. The van der Waals surface area contributed by atoms with Crippen LogP contribution >= 0.6 is 0 Å². The number of aromatic nitrogens is 3. The molecule has 0 aliphatic rings. The minimum atomic E-state index is -0.0438. The Labute approximate surface area is 436 Å². The quantitative estimate of drug-likeness (QED) is 0.0473. The first-order valence-corrected chi connectivity index (χ1v) is 29.4. The molecule has 0 unspecified atom stereocenters. The van der Waals surface area contributed by atoms with Gasteiger partial charge in [-0.2, -0.15) is 15.0 Å². The number of carbonyl (C=O) groups is 2. The number of unbranched alkanes of at least 4 members (excludes halogenated alkanes) is 36. The molecule has 14 nitrogen and oxygen atoms in total. The Morgan fingerprint density at radius 1 is 0.324 bits per heavy atom. The standard InChI is InChI=1S/C57H112N8O6/c1-7-9-11-13-15-17-19-21-23-25-27-29-31-33-35-37-39-41-43-45-53(66)58-47-63(55-60-56(64(49-68-3)50-69-4)62-57(61-55)65(51-70-5)52-71-6)48-59-54(67)46-44-42-40-38-36-34-32-30-28-26-24-22-20-18-16-14-12-10-8-2/h7-52H2,1-6H3,(H,58,66)(H,59,67). The van der Waals surface area contributed by atoms with Gasteiger partial charge in [-0.25, -0.2) is 0 Å². The van der Waals surface area contributed by atoms with Crippen LogP contribution in [0.5, 0.6) is 0 Å². The summed E-state index contributed by atoms with van der Waals surface area (Å²) in [6.07, 6.45) is 50.8. The van der Waals surface area contributed by atoms with Crippen LogP contribution in [-0.2, 0) is 28.5 Å². The Balaban J connectivity index is 2.58. The van der Waals surface area contributed by atoms with Crippen molar-refractivity contribution in [2.24, 2.45) is 0 Å². The number of nitrogens with one attached hydrogen (secondary N) is 2. The molecule has 0 bridgehead atoms. The van der Waals surface area contributed by atoms with E-state index in [9.17, 15) is 9.59 Å². The summed E-state index contributed by atoms with van der Waals surface area (Å²) in [5.41, 5.74) is 0. The first kappa shape index (κ1) is 66.2. The molecule has 1 rings (SSSR count). The van der Waals surface area contributed by atoms with Gasteiger partial charge in [0.25, 0.3) is 0 Å². The van der Waals surface area contributed by atoms with Crippen LogP contribution in [0.4, 0.5) is 17.8 Å². The van der Waals surface area contributed by atoms with Crippen molar-refractivity contribution in [3.05, 3.63) is 0 Å². The van der Waals surface area contributed by atoms with Gasteiger partial charge in [0.2, 0.25) is 29.7 Å². The lowest BCUT2D eigenvalue weighted by Gasteiger charge is -2.28. The summed E-state index contributed by atoms with van der Waals surface area (Å²) >= 11 is 0. The molecule has 71 heavy (non-hydrogen) atoms. The second-order valence-electron chi connectivity index (χ2n) is 20.3. The lowest BCUT2D eigenvalue weighted by Crippen LogP contribution is -2.45. The zero-order valence-electron chi connectivity index (χ0n) is 47.2. The molecule has 1 aromatic heterocycles. The second-order valence-corrected chi connectivity index (χ2v) is 20.3. The Morgan fingerprint density at radius 3 is 0.732 bits per heavy atom. The minimum Gasteiger partial charge on any atom is -0.364 e. The molecule has 0 aliphatic heterocycles. The predicted octanol–water partition coefficient (Wildman–Crippen LogP) is 14.5. The molecule has 0 aliphatic carbocycles. The number of amides is 2. The zero-order chi connectivity index (χ0) is 51.5. The minimum absolute atomic E-state index is 0.0438. The van der Waals surface area contributed by atoms with Crippen molar-refractivity contribution in [1.82, 2.24) is 25.6 Å². The van der Waals surface area contributed by atoms with Gasteiger partial charge in [-0.3, -0.25) is 19.4 Å². The topological polar surface area (TPSA) is 144 Å². The normalized spacial score (nSPS) is 11.4. The number of ether oxygens (including phenoxy) is 4. The van der Waals surface area contributed by atoms with Crippen LogP contribution in [0.2, 0.25) is 0 Å². The van der Waals surface area contributed by atoms with Crippen molar-refractivity contribution in [2.45, 2.75) is 271 Å². The number of anilines is 3. The lowest BCUT2D eigenvalue weighted by molar-refractivity contribution is -0.121. The summed E-state index contributed by atoms with van der Waals surface area (Å²) < 4.78 is 21.8. The molecule has 416 valence electrons. The molecule has 0 spiro atoms. The molecule has 0 radical (unpaired) electrons. The SMILES string of the molecule is CCCCCCCCCCCCCCCCCCCCCC(=O)NCN(CNC(=O)CCCCCCCCCCCCCCCCCCCCC)c1nc(N(COC)COC)nc(N(COC)COC)n1. The third-order valence-electron chi connectivity index (χ3n) is 13.5. The molecule has 0 atom stereocenters. The number of rotatable bonds is 55. The fourth-order valence-corrected chi connectivity index (χ4v) is 9.17. The monoisotopic (exact) mass is 1000 g/mol. The Hall–Kier alpha value is -2.81. The largest absolute Gasteiger partial charge is 0.364 e. The third kappa shape index (κ3) is 39.3. The van der Waals surface area contributed by atoms with E-state index in [1.54, 1.807) is 43.1 Å². The number of nitrogens with zero attached hydrogens (tertiary/aromatic N) is 6. The summed E-state index contributed by atoms with van der Waals surface area (Å²) in [5.74, 6) is 0.788. The maximum Gasteiger partial charge on any atom is 0.235 e. The molecule has 1 heterocycles. The van der Waals surface area contributed by atoms with Gasteiger partial charge >= 0.3 is 0 Å². The van der Waals surface area contributed by atoms with Crippen LogP contribution < -0.4 is 25.3 Å². The molecule has 0 aromatic carbocycles. The fraction of sp³-hybridized carbons (Fsp3) is 0.912. The van der Waals surface area contributed by atoms with Crippen LogP contribution in [0, 0.1) is 0 Å². The van der Waals surface area contributed by atoms with E-state index in [4.69, 9.17) is 33.9 Å². The van der Waals surface area contributed by atoms with E-state index in [1.807, 2.05) is 0 Å². The molecule has 0 fully saturated rings. The van der Waals surface area contributed by atoms with Crippen LogP contribution in [0.3, 0.4) is 0 Å². The molecule has 0 saturated heterocycles. The van der Waals surface area contributed by atoms with Crippen molar-refractivity contribution < 1.29 is 28.5 Å². The number of carbonyl (C=O) groups excluding carboxylic acids is 2. The summed E-state index contributed by atoms with van der Waals surface area (Å²) in [5, 5.41) is 6.15. The van der Waals surface area contributed by atoms with Gasteiger partial charge in [-0.1, -0.05) is 245 Å². The van der Waals surface area contributed by atoms with E-state index >= 15 is 0 Å². The van der Waals surface area contributed by atoms with E-state index in [2.05, 4.69) is 24.5 Å². The summed E-state index contributed by atoms with van der Waals surface area (Å²) in [6, 6.07) is 0.